The Labute approximate surface area is 214 Å². The maximum Gasteiger partial charge on any atom is 0.451 e. The first-order valence-electron chi connectivity index (χ1n) is 12.0. The van der Waals surface area contributed by atoms with E-state index in [4.69, 9.17) is 9.97 Å². The van der Waals surface area contributed by atoms with Crippen molar-refractivity contribution < 1.29 is 13.2 Å². The summed E-state index contributed by atoms with van der Waals surface area (Å²) in [6.07, 6.45) is -0.139. The number of nitrogens with one attached hydrogen (secondary N) is 1. The van der Waals surface area contributed by atoms with E-state index in [1.165, 1.54) is 4.88 Å². The highest BCUT2D eigenvalue weighted by atomic mass is 32.1. The van der Waals surface area contributed by atoms with E-state index in [0.29, 0.717) is 30.4 Å². The Balaban J connectivity index is 1.37. The quantitative estimate of drug-likeness (QED) is 0.326. The van der Waals surface area contributed by atoms with Crippen LogP contribution in [0.3, 0.4) is 0 Å². The summed E-state index contributed by atoms with van der Waals surface area (Å²) in [5, 5.41) is 8.12. The van der Waals surface area contributed by atoms with Gasteiger partial charge in [-0.3, -0.25) is 0 Å². The van der Waals surface area contributed by atoms with Gasteiger partial charge in [-0.25, -0.2) is 15.0 Å². The average Bonchev–Trinajstić information content (AvgIpc) is 3.61. The Bertz CT molecular complexity index is 1550. The van der Waals surface area contributed by atoms with E-state index in [1.807, 2.05) is 23.1 Å². The summed E-state index contributed by atoms with van der Waals surface area (Å²) in [6.45, 7) is 2.75. The number of nitrogens with zero attached hydrogens (tertiary/aromatic N) is 7. The van der Waals surface area contributed by atoms with Gasteiger partial charge >= 0.3 is 6.18 Å². The number of hydrogen-bond acceptors (Lipinski definition) is 7. The molecule has 5 aromatic rings. The van der Waals surface area contributed by atoms with Crippen molar-refractivity contribution in [3.05, 3.63) is 70.4 Å². The van der Waals surface area contributed by atoms with E-state index in [2.05, 4.69) is 45.3 Å². The maximum absolute atomic E-state index is 13.3. The second kappa shape index (κ2) is 9.25. The molecule has 1 aliphatic rings. The molecule has 1 N–H and O–H groups in total. The first-order valence-corrected chi connectivity index (χ1v) is 12.8. The molecule has 0 bridgehead atoms. The van der Waals surface area contributed by atoms with Crippen LogP contribution in [0.1, 0.15) is 41.1 Å². The summed E-state index contributed by atoms with van der Waals surface area (Å²) in [5.41, 5.74) is 2.10. The molecule has 6 rings (SSSR count). The summed E-state index contributed by atoms with van der Waals surface area (Å²) in [4.78, 5) is 21.5. The molecular weight excluding hydrogens is 501 g/mol. The van der Waals surface area contributed by atoms with Gasteiger partial charge in [-0.15, -0.1) is 21.5 Å². The van der Waals surface area contributed by atoms with Crippen LogP contribution in [0.25, 0.3) is 21.9 Å². The van der Waals surface area contributed by atoms with E-state index in [-0.39, 0.29) is 18.9 Å². The van der Waals surface area contributed by atoms with Crippen molar-refractivity contribution in [1.82, 2.24) is 34.7 Å². The molecule has 0 unspecified atom stereocenters. The molecule has 0 saturated heterocycles. The van der Waals surface area contributed by atoms with Gasteiger partial charge in [0.15, 0.2) is 17.5 Å². The molecule has 0 spiro atoms. The fraction of sp³-hybridized carbons (Fsp3) is 0.320. The molecule has 0 amide bonds. The van der Waals surface area contributed by atoms with E-state index in [9.17, 15) is 13.2 Å². The number of alkyl halides is 3. The van der Waals surface area contributed by atoms with Gasteiger partial charge in [-0.2, -0.15) is 13.2 Å². The van der Waals surface area contributed by atoms with Crippen LogP contribution in [0.4, 0.5) is 19.0 Å². The molecule has 190 valence electrons. The number of fused-ring (bicyclic) bond motifs is 2. The number of aromatic amines is 1. The molecule has 37 heavy (non-hydrogen) atoms. The van der Waals surface area contributed by atoms with E-state index >= 15 is 0 Å². The molecule has 0 aliphatic carbocycles. The average molecular weight is 525 g/mol. The number of anilines is 1. The molecule has 0 radical (unpaired) electrons. The van der Waals surface area contributed by atoms with E-state index in [1.54, 1.807) is 17.5 Å². The van der Waals surface area contributed by atoms with Crippen LogP contribution in [0, 0.1) is 0 Å². The fourth-order valence-corrected chi connectivity index (χ4v) is 5.72. The van der Waals surface area contributed by atoms with Gasteiger partial charge in [0, 0.05) is 36.3 Å². The highest BCUT2D eigenvalue weighted by molar-refractivity contribution is 7.18. The highest BCUT2D eigenvalue weighted by Crippen LogP contribution is 2.36. The van der Waals surface area contributed by atoms with Crippen molar-refractivity contribution in [1.29, 1.82) is 0 Å². The van der Waals surface area contributed by atoms with Crippen LogP contribution in [-0.2, 0) is 32.1 Å². The summed E-state index contributed by atoms with van der Waals surface area (Å²) in [5.74, 6) is 0.980. The minimum Gasteiger partial charge on any atom is -0.347 e. The normalized spacial score (nSPS) is 13.9. The molecule has 0 atom stereocenters. The number of hydrogen-bond donors (Lipinski definition) is 1. The van der Waals surface area contributed by atoms with Crippen LogP contribution >= 0.6 is 11.3 Å². The number of halogens is 3. The predicted octanol–water partition coefficient (Wildman–Crippen LogP) is 5.26. The summed E-state index contributed by atoms with van der Waals surface area (Å²) in [7, 11) is 0. The third-order valence-electron chi connectivity index (χ3n) is 6.30. The van der Waals surface area contributed by atoms with Gasteiger partial charge in [-0.1, -0.05) is 43.7 Å². The van der Waals surface area contributed by atoms with E-state index in [0.717, 1.165) is 38.9 Å². The molecule has 1 aromatic carbocycles. The Morgan fingerprint density at radius 1 is 1.08 bits per heavy atom. The second-order valence-corrected chi connectivity index (χ2v) is 10.1. The zero-order valence-corrected chi connectivity index (χ0v) is 20.8. The molecule has 5 heterocycles. The van der Waals surface area contributed by atoms with Gasteiger partial charge in [-0.05, 0) is 18.1 Å². The van der Waals surface area contributed by atoms with Gasteiger partial charge in [0.2, 0.25) is 5.82 Å². The maximum atomic E-state index is 13.3. The van der Waals surface area contributed by atoms with Crippen molar-refractivity contribution in [3.63, 3.8) is 0 Å². The molecular formula is C25H23F3N8S. The second-order valence-electron chi connectivity index (χ2n) is 8.98. The van der Waals surface area contributed by atoms with Crippen LogP contribution in [0.15, 0.2) is 42.6 Å². The predicted molar refractivity (Wildman–Crippen MR) is 134 cm³/mol. The lowest BCUT2D eigenvalue weighted by molar-refractivity contribution is -0.147. The van der Waals surface area contributed by atoms with Crippen molar-refractivity contribution in [3.8, 4) is 11.6 Å². The minimum absolute atomic E-state index is 0.117. The Morgan fingerprint density at radius 3 is 2.70 bits per heavy atom. The number of aromatic nitrogens is 7. The van der Waals surface area contributed by atoms with Crippen molar-refractivity contribution in [2.75, 3.05) is 11.4 Å². The number of rotatable bonds is 6. The summed E-state index contributed by atoms with van der Waals surface area (Å²) < 4.78 is 41.1. The number of aryl methyl sites for hydroxylation is 1. The first kappa shape index (κ1) is 23.6. The van der Waals surface area contributed by atoms with E-state index < -0.39 is 12.0 Å². The lowest BCUT2D eigenvalue weighted by Crippen LogP contribution is -2.36. The van der Waals surface area contributed by atoms with Crippen molar-refractivity contribution in [2.24, 2.45) is 0 Å². The molecule has 8 nitrogen and oxygen atoms in total. The van der Waals surface area contributed by atoms with Gasteiger partial charge in [0.1, 0.15) is 10.6 Å². The summed E-state index contributed by atoms with van der Waals surface area (Å²) in [6, 6.07) is 12.2. The molecule has 1 aliphatic heterocycles. The largest absolute Gasteiger partial charge is 0.451 e. The van der Waals surface area contributed by atoms with Gasteiger partial charge in [0.05, 0.1) is 11.9 Å². The molecule has 4 aromatic heterocycles. The monoisotopic (exact) mass is 524 g/mol. The lowest BCUT2D eigenvalue weighted by Gasteiger charge is -2.29. The smallest absolute Gasteiger partial charge is 0.347 e. The molecule has 0 fully saturated rings. The first-order chi connectivity index (χ1) is 17.9. The van der Waals surface area contributed by atoms with Crippen LogP contribution in [0.5, 0.6) is 0 Å². The van der Waals surface area contributed by atoms with Gasteiger partial charge in [0.25, 0.3) is 0 Å². The SMILES string of the molecule is CCCc1cc2c(N3CCn4c(nnc4C(F)(F)F)C3)nc(-c3ncc(Cc4ccccc4)[nH]3)nc2s1. The fourth-order valence-electron chi connectivity index (χ4n) is 4.60. The standard InChI is InChI=1S/C25H23F3N8S/c1-2-6-17-12-18-22(35-9-10-36-19(14-35)33-34-24(36)25(26,27)28)31-21(32-23(18)37-17)20-29-13-16(30-20)11-15-7-4-3-5-8-15/h3-5,7-8,12-13H,2,6,9-11,14H2,1H3,(H,29,30). The topological polar surface area (TPSA) is 88.4 Å². The Hall–Kier alpha value is -3.80. The number of benzene rings is 1. The minimum atomic E-state index is -4.54. The zero-order chi connectivity index (χ0) is 25.6. The Kier molecular flexibility index (Phi) is 5.90. The Morgan fingerprint density at radius 2 is 1.92 bits per heavy atom. The highest BCUT2D eigenvalue weighted by Gasteiger charge is 2.39. The van der Waals surface area contributed by atoms with Crippen LogP contribution < -0.4 is 4.90 Å². The van der Waals surface area contributed by atoms with Crippen molar-refractivity contribution in [2.45, 2.75) is 45.5 Å². The summed E-state index contributed by atoms with van der Waals surface area (Å²) >= 11 is 1.61. The van der Waals surface area contributed by atoms with Crippen molar-refractivity contribution >= 4 is 27.4 Å². The third kappa shape index (κ3) is 4.57. The third-order valence-corrected chi connectivity index (χ3v) is 7.39. The lowest BCUT2D eigenvalue weighted by atomic mass is 10.1. The van der Waals surface area contributed by atoms with Crippen LogP contribution in [-0.4, -0.2) is 41.2 Å². The zero-order valence-electron chi connectivity index (χ0n) is 20.0. The molecule has 12 heteroatoms. The molecule has 0 saturated carbocycles. The number of imidazole rings is 1. The van der Waals surface area contributed by atoms with Crippen LogP contribution in [0.2, 0.25) is 0 Å². The number of H-pyrrole nitrogens is 1. The number of thiophene rings is 1. The van der Waals surface area contributed by atoms with Gasteiger partial charge < -0.3 is 14.5 Å².